The van der Waals surface area contributed by atoms with E-state index in [1.54, 1.807) is 0 Å². The van der Waals surface area contributed by atoms with E-state index in [-0.39, 0.29) is 0 Å². The van der Waals surface area contributed by atoms with E-state index in [2.05, 4.69) is 10.5 Å². The van der Waals surface area contributed by atoms with Crippen LogP contribution in [-0.2, 0) is 0 Å². The van der Waals surface area contributed by atoms with E-state index in [0.717, 1.165) is 12.1 Å². The van der Waals surface area contributed by atoms with E-state index in [4.69, 9.17) is 0 Å². The van der Waals surface area contributed by atoms with E-state index in [9.17, 15) is 13.6 Å². The molecule has 1 aromatic rings. The molecule has 3 nitrogen and oxygen atoms in total. The molecule has 0 saturated carbocycles. The molecule has 0 atom stereocenters. The third-order valence-corrected chi connectivity index (χ3v) is 1.13. The van der Waals surface area contributed by atoms with E-state index < -0.39 is 23.5 Å². The number of primary amides is 1. The van der Waals surface area contributed by atoms with Gasteiger partial charge in [-0.05, 0) is 12.1 Å². The molecule has 0 saturated heterocycles. The first-order chi connectivity index (χ1) is 5.61. The van der Waals surface area contributed by atoms with Crippen LogP contribution in [0.4, 0.5) is 13.6 Å². The second kappa shape index (κ2) is 3.17. The standard InChI is InChI=1S/C7H5F2NO2/c8-4-2-1-3-5(6(4)9)12-7(10)11/h1-3H,(H2,10,11). The monoisotopic (exact) mass is 173 g/mol. The predicted molar refractivity (Wildman–Crippen MR) is 36.6 cm³/mol. The van der Waals surface area contributed by atoms with Gasteiger partial charge in [0.25, 0.3) is 0 Å². The summed E-state index contributed by atoms with van der Waals surface area (Å²) in [6.07, 6.45) is -1.18. The highest BCUT2D eigenvalue weighted by Crippen LogP contribution is 2.18. The van der Waals surface area contributed by atoms with Gasteiger partial charge in [0, 0.05) is 0 Å². The Hall–Kier alpha value is -1.65. The lowest BCUT2D eigenvalue weighted by Gasteiger charge is -2.01. The van der Waals surface area contributed by atoms with Crippen LogP contribution in [0.2, 0.25) is 0 Å². The van der Waals surface area contributed by atoms with Gasteiger partial charge in [0.05, 0.1) is 0 Å². The third-order valence-electron chi connectivity index (χ3n) is 1.13. The van der Waals surface area contributed by atoms with Gasteiger partial charge in [-0.3, -0.25) is 0 Å². The lowest BCUT2D eigenvalue weighted by Crippen LogP contribution is -2.17. The van der Waals surface area contributed by atoms with Crippen molar-refractivity contribution < 1.29 is 18.3 Å². The summed E-state index contributed by atoms with van der Waals surface area (Å²) in [6.45, 7) is 0. The quantitative estimate of drug-likeness (QED) is 0.698. The van der Waals surface area contributed by atoms with Crippen molar-refractivity contribution in [2.75, 3.05) is 0 Å². The van der Waals surface area contributed by atoms with Crippen LogP contribution in [0.15, 0.2) is 18.2 Å². The largest absolute Gasteiger partial charge is 0.410 e. The number of carbonyl (C=O) groups excluding carboxylic acids is 1. The highest BCUT2D eigenvalue weighted by molar-refractivity contribution is 5.68. The number of ether oxygens (including phenoxy) is 1. The topological polar surface area (TPSA) is 52.3 Å². The molecule has 1 rings (SSSR count). The third kappa shape index (κ3) is 1.69. The van der Waals surface area contributed by atoms with Crippen LogP contribution in [0.3, 0.4) is 0 Å². The normalized spacial score (nSPS) is 9.50. The minimum absolute atomic E-state index is 0.512. The van der Waals surface area contributed by atoms with E-state index >= 15 is 0 Å². The highest BCUT2D eigenvalue weighted by Gasteiger charge is 2.09. The molecule has 0 spiro atoms. The average molecular weight is 173 g/mol. The van der Waals surface area contributed by atoms with Gasteiger partial charge in [-0.1, -0.05) is 6.07 Å². The summed E-state index contributed by atoms with van der Waals surface area (Å²) < 4.78 is 29.2. The Balaban J connectivity index is 3.00. The fourth-order valence-electron chi connectivity index (χ4n) is 0.671. The lowest BCUT2D eigenvalue weighted by atomic mass is 10.3. The van der Waals surface area contributed by atoms with Crippen molar-refractivity contribution in [2.45, 2.75) is 0 Å². The zero-order chi connectivity index (χ0) is 9.14. The number of amides is 1. The minimum Gasteiger partial charge on any atom is -0.407 e. The lowest BCUT2D eigenvalue weighted by molar-refractivity contribution is 0.208. The summed E-state index contributed by atoms with van der Waals surface area (Å²) in [5, 5.41) is 0. The molecule has 0 aliphatic carbocycles. The van der Waals surface area contributed by atoms with Crippen LogP contribution < -0.4 is 10.5 Å². The fraction of sp³-hybridized carbons (Fsp3) is 0. The number of benzene rings is 1. The fourth-order valence-corrected chi connectivity index (χ4v) is 0.671. The van der Waals surface area contributed by atoms with Crippen molar-refractivity contribution in [1.29, 1.82) is 0 Å². The summed E-state index contributed by atoms with van der Waals surface area (Å²) in [5.74, 6) is -2.83. The first-order valence-corrected chi connectivity index (χ1v) is 3.02. The molecule has 0 aliphatic heterocycles. The molecule has 0 unspecified atom stereocenters. The van der Waals surface area contributed by atoms with Gasteiger partial charge in [0.2, 0.25) is 5.82 Å². The van der Waals surface area contributed by atoms with Crippen molar-refractivity contribution in [3.8, 4) is 5.75 Å². The highest BCUT2D eigenvalue weighted by atomic mass is 19.2. The van der Waals surface area contributed by atoms with E-state index in [1.807, 2.05) is 0 Å². The molecule has 12 heavy (non-hydrogen) atoms. The Kier molecular flexibility index (Phi) is 2.23. The molecular formula is C7H5F2NO2. The number of hydrogen-bond acceptors (Lipinski definition) is 2. The van der Waals surface area contributed by atoms with Crippen molar-refractivity contribution in [3.05, 3.63) is 29.8 Å². The van der Waals surface area contributed by atoms with Crippen LogP contribution in [0.25, 0.3) is 0 Å². The molecular weight excluding hydrogens is 168 g/mol. The van der Waals surface area contributed by atoms with Gasteiger partial charge in [0.1, 0.15) is 0 Å². The smallest absolute Gasteiger partial charge is 0.407 e. The summed E-state index contributed by atoms with van der Waals surface area (Å²) in [7, 11) is 0. The van der Waals surface area contributed by atoms with Crippen LogP contribution >= 0.6 is 0 Å². The zero-order valence-electron chi connectivity index (χ0n) is 5.88. The molecule has 0 heterocycles. The Bertz CT molecular complexity index is 314. The first kappa shape index (κ1) is 8.45. The Morgan fingerprint density at radius 1 is 1.42 bits per heavy atom. The first-order valence-electron chi connectivity index (χ1n) is 3.02. The SMILES string of the molecule is NC(=O)Oc1cccc(F)c1F. The molecule has 64 valence electrons. The molecule has 0 fully saturated rings. The van der Waals surface area contributed by atoms with Crippen molar-refractivity contribution in [1.82, 2.24) is 0 Å². The molecule has 0 bridgehead atoms. The Morgan fingerprint density at radius 2 is 2.08 bits per heavy atom. The molecule has 5 heteroatoms. The maximum absolute atomic E-state index is 12.7. The Morgan fingerprint density at radius 3 is 2.67 bits per heavy atom. The van der Waals surface area contributed by atoms with Crippen LogP contribution in [0.5, 0.6) is 5.75 Å². The number of halogens is 2. The van der Waals surface area contributed by atoms with E-state index in [0.29, 0.717) is 0 Å². The number of nitrogens with two attached hydrogens (primary N) is 1. The van der Waals surface area contributed by atoms with Gasteiger partial charge >= 0.3 is 6.09 Å². The number of rotatable bonds is 1. The van der Waals surface area contributed by atoms with Gasteiger partial charge < -0.3 is 10.5 Å². The summed E-state index contributed by atoms with van der Waals surface area (Å²) in [5.41, 5.74) is 4.59. The van der Waals surface area contributed by atoms with Crippen LogP contribution in [0.1, 0.15) is 0 Å². The van der Waals surface area contributed by atoms with E-state index in [1.165, 1.54) is 6.07 Å². The molecule has 0 aliphatic rings. The van der Waals surface area contributed by atoms with Gasteiger partial charge in [-0.25, -0.2) is 9.18 Å². The van der Waals surface area contributed by atoms with Crippen molar-refractivity contribution >= 4 is 6.09 Å². The van der Waals surface area contributed by atoms with Gasteiger partial charge in [0.15, 0.2) is 11.6 Å². The zero-order valence-corrected chi connectivity index (χ0v) is 5.88. The molecule has 2 N–H and O–H groups in total. The summed E-state index contributed by atoms with van der Waals surface area (Å²) in [4.78, 5) is 10.1. The minimum atomic E-state index is -1.23. The second-order valence-corrected chi connectivity index (χ2v) is 1.97. The summed E-state index contributed by atoms with van der Waals surface area (Å²) >= 11 is 0. The van der Waals surface area contributed by atoms with Crippen LogP contribution in [-0.4, -0.2) is 6.09 Å². The predicted octanol–water partition coefficient (Wildman–Crippen LogP) is 1.42. The maximum atomic E-state index is 12.7. The maximum Gasteiger partial charge on any atom is 0.410 e. The number of hydrogen-bond donors (Lipinski definition) is 1. The van der Waals surface area contributed by atoms with Gasteiger partial charge in [-0.2, -0.15) is 4.39 Å². The van der Waals surface area contributed by atoms with Gasteiger partial charge in [-0.15, -0.1) is 0 Å². The molecule has 1 aromatic carbocycles. The van der Waals surface area contributed by atoms with Crippen LogP contribution in [0, 0.1) is 11.6 Å². The average Bonchev–Trinajstić information content (AvgIpc) is 1.98. The second-order valence-electron chi connectivity index (χ2n) is 1.97. The molecule has 0 radical (unpaired) electrons. The summed E-state index contributed by atoms with van der Waals surface area (Å²) in [6, 6.07) is 3.21. The molecule has 1 amide bonds. The van der Waals surface area contributed by atoms with Crippen molar-refractivity contribution in [3.63, 3.8) is 0 Å². The van der Waals surface area contributed by atoms with Crippen molar-refractivity contribution in [2.24, 2.45) is 5.73 Å². The Labute approximate surface area is 66.7 Å². The molecule has 0 aromatic heterocycles. The number of carbonyl (C=O) groups is 1.